The summed E-state index contributed by atoms with van der Waals surface area (Å²) in [6, 6.07) is 4.55. The molecule has 0 saturated carbocycles. The minimum absolute atomic E-state index is 0. The molecule has 1 unspecified atom stereocenters. The Kier molecular flexibility index (Phi) is 7.66. The molecule has 136 valence electrons. The second-order valence-electron chi connectivity index (χ2n) is 6.40. The van der Waals surface area contributed by atoms with Crippen LogP contribution in [0.4, 0.5) is 5.69 Å². The van der Waals surface area contributed by atoms with Crippen molar-refractivity contribution in [3.8, 4) is 0 Å². The van der Waals surface area contributed by atoms with Crippen LogP contribution in [0.15, 0.2) is 23.1 Å². The Bertz CT molecular complexity index is 677. The zero-order valence-electron chi connectivity index (χ0n) is 14.0. The Balaban J connectivity index is 0.00000288. The van der Waals surface area contributed by atoms with Crippen LogP contribution < -0.4 is 15.8 Å². The third-order valence-corrected chi connectivity index (χ3v) is 5.39. The first-order valence-electron chi connectivity index (χ1n) is 7.97. The van der Waals surface area contributed by atoms with Crippen LogP contribution in [0.3, 0.4) is 0 Å². The van der Waals surface area contributed by atoms with Crippen LogP contribution in [-0.4, -0.2) is 26.9 Å². The van der Waals surface area contributed by atoms with E-state index in [-0.39, 0.29) is 35.8 Å². The predicted molar refractivity (Wildman–Crippen MR) is 97.9 cm³/mol. The Hall–Kier alpha value is -1.15. The third kappa shape index (κ3) is 5.44. The van der Waals surface area contributed by atoms with Crippen molar-refractivity contribution in [2.24, 2.45) is 11.7 Å². The quantitative estimate of drug-likeness (QED) is 0.708. The van der Waals surface area contributed by atoms with Crippen LogP contribution in [0.2, 0.25) is 0 Å². The fourth-order valence-corrected chi connectivity index (χ4v) is 4.08. The van der Waals surface area contributed by atoms with Gasteiger partial charge in [0.25, 0.3) is 0 Å². The minimum atomic E-state index is -3.62. The van der Waals surface area contributed by atoms with Crippen molar-refractivity contribution in [1.29, 1.82) is 0 Å². The molecule has 0 bridgehead atoms. The summed E-state index contributed by atoms with van der Waals surface area (Å²) in [6.07, 6.45) is 2.55. The summed E-state index contributed by atoms with van der Waals surface area (Å²) < 4.78 is 27.8. The molecule has 1 atom stereocenters. The zero-order valence-corrected chi connectivity index (χ0v) is 15.7. The maximum Gasteiger partial charge on any atom is 0.240 e. The number of hydrogen-bond donors (Lipinski definition) is 3. The molecule has 0 aromatic heterocycles. The van der Waals surface area contributed by atoms with Crippen molar-refractivity contribution in [3.63, 3.8) is 0 Å². The van der Waals surface area contributed by atoms with E-state index in [9.17, 15) is 13.2 Å². The second kappa shape index (κ2) is 8.80. The number of halogens is 1. The number of nitrogens with two attached hydrogens (primary N) is 1. The van der Waals surface area contributed by atoms with E-state index in [0.29, 0.717) is 37.3 Å². The first kappa shape index (κ1) is 20.9. The highest BCUT2D eigenvalue weighted by Gasteiger charge is 2.22. The Morgan fingerprint density at radius 1 is 1.29 bits per heavy atom. The number of amides is 1. The van der Waals surface area contributed by atoms with Gasteiger partial charge in [-0.05, 0) is 48.9 Å². The first-order chi connectivity index (χ1) is 10.8. The fraction of sp³-hybridized carbons (Fsp3) is 0.562. The number of benzene rings is 1. The van der Waals surface area contributed by atoms with E-state index < -0.39 is 10.0 Å². The van der Waals surface area contributed by atoms with Crippen LogP contribution >= 0.6 is 12.4 Å². The molecule has 1 aromatic rings. The van der Waals surface area contributed by atoms with Gasteiger partial charge < -0.3 is 11.1 Å². The van der Waals surface area contributed by atoms with Crippen molar-refractivity contribution in [2.75, 3.05) is 11.9 Å². The van der Waals surface area contributed by atoms with E-state index in [1.165, 1.54) is 6.07 Å². The summed E-state index contributed by atoms with van der Waals surface area (Å²) in [5.74, 6) is 0.325. The van der Waals surface area contributed by atoms with E-state index in [4.69, 9.17) is 5.73 Å². The summed E-state index contributed by atoms with van der Waals surface area (Å²) in [4.78, 5) is 11.8. The van der Waals surface area contributed by atoms with Gasteiger partial charge in [0.05, 0.1) is 4.90 Å². The lowest BCUT2D eigenvalue weighted by Gasteiger charge is -2.19. The number of sulfonamides is 1. The van der Waals surface area contributed by atoms with Crippen molar-refractivity contribution < 1.29 is 13.2 Å². The lowest BCUT2D eigenvalue weighted by molar-refractivity contribution is -0.116. The number of anilines is 1. The van der Waals surface area contributed by atoms with E-state index in [1.54, 1.807) is 12.1 Å². The van der Waals surface area contributed by atoms with Gasteiger partial charge in [0, 0.05) is 24.7 Å². The number of fused-ring (bicyclic) bond motifs is 1. The standard InChI is InChI=1S/C16H25N3O3S.ClH/c1-11(2)8-13(10-17)19-23(21,22)14-6-7-15-12(9-14)4-3-5-16(20)18-15;/h6-7,9,11,13,19H,3-5,8,10,17H2,1-2H3,(H,18,20);1H. The van der Waals surface area contributed by atoms with Crippen molar-refractivity contribution in [2.45, 2.75) is 50.5 Å². The molecular weight excluding hydrogens is 350 g/mol. The number of hydrogen-bond acceptors (Lipinski definition) is 4. The largest absolute Gasteiger partial charge is 0.329 e. The van der Waals surface area contributed by atoms with Crippen LogP contribution in [-0.2, 0) is 21.2 Å². The molecular formula is C16H26ClN3O3S. The van der Waals surface area contributed by atoms with Gasteiger partial charge in [-0.3, -0.25) is 4.79 Å². The van der Waals surface area contributed by atoms with Gasteiger partial charge in [0.1, 0.15) is 0 Å². The molecule has 0 radical (unpaired) electrons. The molecule has 1 aliphatic rings. The van der Waals surface area contributed by atoms with Crippen LogP contribution in [0.25, 0.3) is 0 Å². The van der Waals surface area contributed by atoms with E-state index in [1.807, 2.05) is 13.8 Å². The summed E-state index contributed by atoms with van der Waals surface area (Å²) in [7, 11) is -3.62. The van der Waals surface area contributed by atoms with Gasteiger partial charge in [-0.1, -0.05) is 13.8 Å². The van der Waals surface area contributed by atoms with Crippen molar-refractivity contribution in [3.05, 3.63) is 23.8 Å². The number of carbonyl (C=O) groups excluding carboxylic acids is 1. The molecule has 8 heteroatoms. The molecule has 4 N–H and O–H groups in total. The molecule has 0 fully saturated rings. The number of aryl methyl sites for hydroxylation is 1. The summed E-state index contributed by atoms with van der Waals surface area (Å²) in [6.45, 7) is 4.32. The molecule has 1 heterocycles. The van der Waals surface area contributed by atoms with Crippen molar-refractivity contribution >= 4 is 34.0 Å². The van der Waals surface area contributed by atoms with Gasteiger partial charge in [0.2, 0.25) is 15.9 Å². The van der Waals surface area contributed by atoms with E-state index >= 15 is 0 Å². The number of nitrogens with one attached hydrogen (secondary N) is 2. The smallest absolute Gasteiger partial charge is 0.240 e. The highest BCUT2D eigenvalue weighted by molar-refractivity contribution is 7.89. The highest BCUT2D eigenvalue weighted by atomic mass is 35.5. The Labute approximate surface area is 150 Å². The van der Waals surface area contributed by atoms with Crippen LogP contribution in [0, 0.1) is 5.92 Å². The average Bonchev–Trinajstić information content (AvgIpc) is 2.65. The molecule has 0 saturated heterocycles. The highest BCUT2D eigenvalue weighted by Crippen LogP contribution is 2.25. The first-order valence-corrected chi connectivity index (χ1v) is 9.45. The maximum absolute atomic E-state index is 12.6. The van der Waals surface area contributed by atoms with Crippen LogP contribution in [0.1, 0.15) is 38.7 Å². The molecule has 0 aliphatic carbocycles. The van der Waals surface area contributed by atoms with Gasteiger partial charge in [-0.2, -0.15) is 0 Å². The fourth-order valence-electron chi connectivity index (χ4n) is 2.77. The van der Waals surface area contributed by atoms with E-state index in [0.717, 1.165) is 5.56 Å². The molecule has 1 aromatic carbocycles. The zero-order chi connectivity index (χ0) is 17.0. The van der Waals surface area contributed by atoms with Gasteiger partial charge in [-0.15, -0.1) is 12.4 Å². The molecule has 1 amide bonds. The van der Waals surface area contributed by atoms with Crippen molar-refractivity contribution in [1.82, 2.24) is 4.72 Å². The topological polar surface area (TPSA) is 101 Å². The second-order valence-corrected chi connectivity index (χ2v) is 8.12. The molecule has 24 heavy (non-hydrogen) atoms. The predicted octanol–water partition coefficient (Wildman–Crippen LogP) is 2.03. The minimum Gasteiger partial charge on any atom is -0.329 e. The SMILES string of the molecule is CC(C)CC(CN)NS(=O)(=O)c1ccc2c(c1)CCCC(=O)N2.Cl. The van der Waals surface area contributed by atoms with Gasteiger partial charge in [0.15, 0.2) is 0 Å². The summed E-state index contributed by atoms with van der Waals surface area (Å²) in [5, 5.41) is 2.80. The maximum atomic E-state index is 12.6. The third-order valence-electron chi connectivity index (χ3n) is 3.87. The van der Waals surface area contributed by atoms with Crippen LogP contribution in [0.5, 0.6) is 0 Å². The molecule has 2 rings (SSSR count). The summed E-state index contributed by atoms with van der Waals surface area (Å²) in [5.41, 5.74) is 7.23. The Morgan fingerprint density at radius 3 is 2.62 bits per heavy atom. The normalized spacial score (nSPS) is 15.9. The average molecular weight is 376 g/mol. The molecule has 1 aliphatic heterocycles. The lowest BCUT2D eigenvalue weighted by atomic mass is 10.1. The Morgan fingerprint density at radius 2 is 2.00 bits per heavy atom. The monoisotopic (exact) mass is 375 g/mol. The van der Waals surface area contributed by atoms with Gasteiger partial charge >= 0.3 is 0 Å². The molecule has 6 nitrogen and oxygen atoms in total. The lowest BCUT2D eigenvalue weighted by Crippen LogP contribution is -2.41. The van der Waals surface area contributed by atoms with Gasteiger partial charge in [-0.25, -0.2) is 13.1 Å². The number of rotatable bonds is 6. The summed E-state index contributed by atoms with van der Waals surface area (Å²) >= 11 is 0. The molecule has 0 spiro atoms. The number of carbonyl (C=O) groups is 1. The van der Waals surface area contributed by atoms with E-state index in [2.05, 4.69) is 10.0 Å².